The summed E-state index contributed by atoms with van der Waals surface area (Å²) in [4.78, 5) is 16.7. The second kappa shape index (κ2) is 6.97. The molecule has 126 valence electrons. The Morgan fingerprint density at radius 1 is 1.30 bits per heavy atom. The molecule has 0 saturated carbocycles. The molecule has 0 aromatic heterocycles. The van der Waals surface area contributed by atoms with Gasteiger partial charge >= 0.3 is 6.03 Å². The molecule has 2 saturated heterocycles. The third-order valence-electron chi connectivity index (χ3n) is 4.60. The van der Waals surface area contributed by atoms with Gasteiger partial charge in [-0.25, -0.2) is 9.18 Å². The number of rotatable bonds is 3. The number of likely N-dealkylation sites (tertiary alicyclic amines) is 2. The molecule has 1 aromatic rings. The maximum atomic E-state index is 13.8. The number of halogens is 1. The van der Waals surface area contributed by atoms with E-state index in [0.717, 1.165) is 32.6 Å². The number of benzene rings is 1. The molecule has 2 fully saturated rings. The van der Waals surface area contributed by atoms with Crippen molar-refractivity contribution < 1.29 is 13.4 Å². The van der Waals surface area contributed by atoms with E-state index in [1.807, 2.05) is 0 Å². The van der Waals surface area contributed by atoms with E-state index in [-0.39, 0.29) is 10.9 Å². The van der Waals surface area contributed by atoms with Crippen molar-refractivity contribution >= 4 is 22.5 Å². The fourth-order valence-electron chi connectivity index (χ4n) is 3.35. The summed E-state index contributed by atoms with van der Waals surface area (Å²) in [5.41, 5.74) is 0.395. The maximum Gasteiger partial charge on any atom is 0.321 e. The summed E-state index contributed by atoms with van der Waals surface area (Å²) in [6.07, 6.45) is 4.91. The lowest BCUT2D eigenvalue weighted by Gasteiger charge is -2.23. The zero-order valence-electron chi connectivity index (χ0n) is 13.3. The van der Waals surface area contributed by atoms with E-state index in [0.29, 0.717) is 11.7 Å². The zero-order valence-corrected chi connectivity index (χ0v) is 14.1. The lowest BCUT2D eigenvalue weighted by atomic mass is 10.2. The van der Waals surface area contributed by atoms with Gasteiger partial charge in [-0.2, -0.15) is 0 Å². The minimum atomic E-state index is -1.37. The van der Waals surface area contributed by atoms with E-state index in [4.69, 9.17) is 0 Å². The Morgan fingerprint density at radius 3 is 2.70 bits per heavy atom. The molecule has 2 aliphatic rings. The number of nitrogens with one attached hydrogen (secondary N) is 1. The van der Waals surface area contributed by atoms with Crippen LogP contribution in [0.2, 0.25) is 0 Å². The van der Waals surface area contributed by atoms with Gasteiger partial charge in [-0.3, -0.25) is 9.11 Å². The highest BCUT2D eigenvalue weighted by molar-refractivity contribution is 7.84. The number of carbonyl (C=O) groups is 1. The van der Waals surface area contributed by atoms with Crippen molar-refractivity contribution in [3.05, 3.63) is 24.0 Å². The quantitative estimate of drug-likeness (QED) is 0.919. The molecule has 5 nitrogen and oxygen atoms in total. The van der Waals surface area contributed by atoms with E-state index in [1.165, 1.54) is 31.2 Å². The summed E-state index contributed by atoms with van der Waals surface area (Å²) < 4.78 is 25.2. The van der Waals surface area contributed by atoms with Gasteiger partial charge in [-0.1, -0.05) is 0 Å². The van der Waals surface area contributed by atoms with Crippen LogP contribution in [0.3, 0.4) is 0 Å². The first kappa shape index (κ1) is 16.4. The second-order valence-corrected chi connectivity index (χ2v) is 7.51. The summed E-state index contributed by atoms with van der Waals surface area (Å²) in [7, 11) is -1.37. The minimum absolute atomic E-state index is 0.151. The molecule has 2 heterocycles. The predicted molar refractivity (Wildman–Crippen MR) is 88.5 cm³/mol. The van der Waals surface area contributed by atoms with E-state index < -0.39 is 16.6 Å². The molecule has 1 N–H and O–H groups in total. The van der Waals surface area contributed by atoms with Crippen LogP contribution in [0.4, 0.5) is 14.9 Å². The third kappa shape index (κ3) is 3.72. The van der Waals surface area contributed by atoms with Crippen LogP contribution < -0.4 is 5.32 Å². The standard InChI is InChI=1S/C16H22FN3O2S/c1-23(22)15-5-4-12(10-14(15)17)18-16(21)20-9-6-13(11-20)19-7-2-3-8-19/h4-5,10,13H,2-3,6-9,11H2,1H3,(H,18,21)/t13-,23-/m0/s1. The highest BCUT2D eigenvalue weighted by Crippen LogP contribution is 2.22. The normalized spacial score (nSPS) is 23.2. The van der Waals surface area contributed by atoms with Crippen LogP contribution in [-0.4, -0.2) is 58.5 Å². The Bertz CT molecular complexity index is 619. The molecule has 2 amide bonds. The molecule has 0 radical (unpaired) electrons. The number of hydrogen-bond donors (Lipinski definition) is 1. The lowest BCUT2D eigenvalue weighted by Crippen LogP contribution is -2.38. The Morgan fingerprint density at radius 2 is 2.04 bits per heavy atom. The summed E-state index contributed by atoms with van der Waals surface area (Å²) in [6.45, 7) is 3.71. The molecule has 7 heteroatoms. The fourth-order valence-corrected chi connectivity index (χ4v) is 3.94. The molecule has 0 unspecified atom stereocenters. The van der Waals surface area contributed by atoms with E-state index in [9.17, 15) is 13.4 Å². The van der Waals surface area contributed by atoms with E-state index in [1.54, 1.807) is 11.0 Å². The largest absolute Gasteiger partial charge is 0.323 e. The molecular weight excluding hydrogens is 317 g/mol. The van der Waals surface area contributed by atoms with Crippen molar-refractivity contribution in [3.8, 4) is 0 Å². The van der Waals surface area contributed by atoms with Crippen LogP contribution in [0.25, 0.3) is 0 Å². The maximum absolute atomic E-state index is 13.8. The fraction of sp³-hybridized carbons (Fsp3) is 0.562. The summed E-state index contributed by atoms with van der Waals surface area (Å²) in [5, 5.41) is 2.73. The van der Waals surface area contributed by atoms with Gasteiger partial charge in [-0.15, -0.1) is 0 Å². The molecule has 2 atom stereocenters. The van der Waals surface area contributed by atoms with Crippen molar-refractivity contribution in [2.24, 2.45) is 0 Å². The first-order valence-electron chi connectivity index (χ1n) is 7.97. The number of hydrogen-bond acceptors (Lipinski definition) is 3. The SMILES string of the molecule is C[S@](=O)c1ccc(NC(=O)N2CC[C@H](N3CCCC3)C2)cc1F. The molecule has 3 rings (SSSR count). The van der Waals surface area contributed by atoms with Gasteiger partial charge in [0.05, 0.1) is 15.7 Å². The van der Waals surface area contributed by atoms with Gasteiger partial charge in [0.25, 0.3) is 0 Å². The predicted octanol–water partition coefficient (Wildman–Crippen LogP) is 2.27. The average molecular weight is 339 g/mol. The van der Waals surface area contributed by atoms with Crippen LogP contribution in [0.1, 0.15) is 19.3 Å². The van der Waals surface area contributed by atoms with Crippen LogP contribution in [0, 0.1) is 5.82 Å². The van der Waals surface area contributed by atoms with Gasteiger partial charge in [0.2, 0.25) is 0 Å². The molecule has 0 aliphatic carbocycles. The van der Waals surface area contributed by atoms with Gasteiger partial charge < -0.3 is 10.2 Å². The molecule has 2 aliphatic heterocycles. The van der Waals surface area contributed by atoms with Gasteiger partial charge in [0, 0.05) is 31.1 Å². The van der Waals surface area contributed by atoms with Crippen molar-refractivity contribution in [1.82, 2.24) is 9.80 Å². The number of anilines is 1. The number of nitrogens with zero attached hydrogens (tertiary/aromatic N) is 2. The highest BCUT2D eigenvalue weighted by atomic mass is 32.2. The molecular formula is C16H22FN3O2S. The first-order chi connectivity index (χ1) is 11.0. The van der Waals surface area contributed by atoms with Gasteiger partial charge in [-0.05, 0) is 50.6 Å². The van der Waals surface area contributed by atoms with Crippen molar-refractivity contribution in [1.29, 1.82) is 0 Å². The average Bonchev–Trinajstić information content (AvgIpc) is 3.18. The minimum Gasteiger partial charge on any atom is -0.323 e. The Balaban J connectivity index is 1.59. The molecule has 0 spiro atoms. The smallest absolute Gasteiger partial charge is 0.321 e. The van der Waals surface area contributed by atoms with Crippen LogP contribution in [0.15, 0.2) is 23.1 Å². The van der Waals surface area contributed by atoms with Crippen molar-refractivity contribution in [2.75, 3.05) is 37.8 Å². The number of carbonyl (C=O) groups excluding carboxylic acids is 1. The summed E-state index contributed by atoms with van der Waals surface area (Å²) in [5.74, 6) is -0.556. The molecule has 0 bridgehead atoms. The Kier molecular flexibility index (Phi) is 4.96. The highest BCUT2D eigenvalue weighted by Gasteiger charge is 2.31. The van der Waals surface area contributed by atoms with Gasteiger partial charge in [0.15, 0.2) is 0 Å². The van der Waals surface area contributed by atoms with Crippen molar-refractivity contribution in [2.45, 2.75) is 30.2 Å². The zero-order chi connectivity index (χ0) is 16.4. The summed E-state index contributed by atoms with van der Waals surface area (Å²) in [6, 6.07) is 4.52. The van der Waals surface area contributed by atoms with Crippen LogP contribution in [-0.2, 0) is 10.8 Å². The molecule has 23 heavy (non-hydrogen) atoms. The topological polar surface area (TPSA) is 52.7 Å². The lowest BCUT2D eigenvalue weighted by molar-refractivity contribution is 0.210. The van der Waals surface area contributed by atoms with Crippen LogP contribution in [0.5, 0.6) is 0 Å². The van der Waals surface area contributed by atoms with E-state index in [2.05, 4.69) is 10.2 Å². The Labute approximate surface area is 138 Å². The van der Waals surface area contributed by atoms with Gasteiger partial charge in [0.1, 0.15) is 5.82 Å². The van der Waals surface area contributed by atoms with E-state index >= 15 is 0 Å². The Hall–Kier alpha value is -1.47. The first-order valence-corrected chi connectivity index (χ1v) is 9.53. The number of amides is 2. The monoisotopic (exact) mass is 339 g/mol. The number of urea groups is 1. The second-order valence-electron chi connectivity index (χ2n) is 6.16. The summed E-state index contributed by atoms with van der Waals surface area (Å²) >= 11 is 0. The third-order valence-corrected chi connectivity index (χ3v) is 5.55. The molecule has 1 aromatic carbocycles. The van der Waals surface area contributed by atoms with Crippen molar-refractivity contribution in [3.63, 3.8) is 0 Å². The van der Waals surface area contributed by atoms with Crippen LogP contribution >= 0.6 is 0 Å².